The van der Waals surface area contributed by atoms with Gasteiger partial charge in [-0.05, 0) is 34.0 Å². The van der Waals surface area contributed by atoms with Crippen molar-refractivity contribution in [3.05, 3.63) is 28.0 Å². The zero-order valence-electron chi connectivity index (χ0n) is 9.13. The van der Waals surface area contributed by atoms with Crippen molar-refractivity contribution in [2.75, 3.05) is 26.9 Å². The second kappa shape index (κ2) is 6.83. The van der Waals surface area contributed by atoms with Crippen molar-refractivity contribution in [3.63, 3.8) is 0 Å². The van der Waals surface area contributed by atoms with Crippen LogP contribution in [0.25, 0.3) is 0 Å². The summed E-state index contributed by atoms with van der Waals surface area (Å²) < 4.78 is 24.0. The maximum absolute atomic E-state index is 13.2. The second-order valence-corrected chi connectivity index (χ2v) is 4.08. The van der Waals surface area contributed by atoms with Crippen molar-refractivity contribution in [2.45, 2.75) is 6.42 Å². The average Bonchev–Trinajstić information content (AvgIpc) is 2.28. The zero-order chi connectivity index (χ0) is 12.0. The Hall–Kier alpha value is -0.650. The highest BCUT2D eigenvalue weighted by Gasteiger charge is 2.08. The van der Waals surface area contributed by atoms with Crippen molar-refractivity contribution < 1.29 is 13.9 Å². The maximum Gasteiger partial charge on any atom is 0.141 e. The van der Waals surface area contributed by atoms with E-state index < -0.39 is 0 Å². The molecule has 90 valence electrons. The van der Waals surface area contributed by atoms with Gasteiger partial charge in [0.05, 0.1) is 24.8 Å². The average molecular weight is 292 g/mol. The summed E-state index contributed by atoms with van der Waals surface area (Å²) >= 11 is 3.14. The molecular formula is C11H15BrFNO2. The Morgan fingerprint density at radius 3 is 2.75 bits per heavy atom. The van der Waals surface area contributed by atoms with Gasteiger partial charge in [0.25, 0.3) is 0 Å². The Morgan fingerprint density at radius 1 is 1.38 bits per heavy atom. The summed E-state index contributed by atoms with van der Waals surface area (Å²) in [6, 6.07) is 3.07. The van der Waals surface area contributed by atoms with E-state index in [0.717, 1.165) is 5.56 Å². The van der Waals surface area contributed by atoms with Crippen LogP contribution in [0.5, 0.6) is 5.75 Å². The molecule has 0 bridgehead atoms. The first-order valence-electron chi connectivity index (χ1n) is 4.98. The van der Waals surface area contributed by atoms with E-state index in [-0.39, 0.29) is 5.82 Å². The van der Waals surface area contributed by atoms with Gasteiger partial charge in [0.2, 0.25) is 0 Å². The van der Waals surface area contributed by atoms with Crippen LogP contribution in [0.2, 0.25) is 0 Å². The van der Waals surface area contributed by atoms with Gasteiger partial charge in [-0.2, -0.15) is 0 Å². The molecule has 0 spiro atoms. The van der Waals surface area contributed by atoms with Crippen LogP contribution >= 0.6 is 15.9 Å². The highest BCUT2D eigenvalue weighted by atomic mass is 79.9. The molecular weight excluding hydrogens is 277 g/mol. The van der Waals surface area contributed by atoms with Crippen LogP contribution in [0.15, 0.2) is 16.6 Å². The summed E-state index contributed by atoms with van der Waals surface area (Å²) in [5, 5.41) is 0. The minimum atomic E-state index is -0.330. The fourth-order valence-electron chi connectivity index (χ4n) is 1.32. The third kappa shape index (κ3) is 3.73. The molecule has 3 nitrogen and oxygen atoms in total. The third-order valence-corrected chi connectivity index (χ3v) is 2.71. The summed E-state index contributed by atoms with van der Waals surface area (Å²) in [5.74, 6) is 0.209. The predicted molar refractivity (Wildman–Crippen MR) is 64.2 cm³/mol. The lowest BCUT2D eigenvalue weighted by atomic mass is 10.1. The molecule has 0 fully saturated rings. The quantitative estimate of drug-likeness (QED) is 0.817. The molecule has 0 amide bonds. The molecule has 0 unspecified atom stereocenters. The Labute approximate surface area is 103 Å². The van der Waals surface area contributed by atoms with Crippen molar-refractivity contribution in [3.8, 4) is 5.75 Å². The Balaban J connectivity index is 2.66. The molecule has 0 radical (unpaired) electrons. The number of methoxy groups -OCH3 is 1. The molecule has 1 rings (SSSR count). The molecule has 0 heterocycles. The monoisotopic (exact) mass is 291 g/mol. The molecule has 0 saturated heterocycles. The van der Waals surface area contributed by atoms with E-state index in [1.165, 1.54) is 13.2 Å². The van der Waals surface area contributed by atoms with Crippen LogP contribution in [0.4, 0.5) is 4.39 Å². The highest BCUT2D eigenvalue weighted by Crippen LogP contribution is 2.26. The topological polar surface area (TPSA) is 44.5 Å². The standard InChI is InChI=1S/C11H15BrFNO2/c1-15-11-7-10(13)9(12)6-8(11)2-4-16-5-3-14/h6-7H,2-5,14H2,1H3. The Bertz CT molecular complexity index is 347. The molecule has 2 N–H and O–H groups in total. The minimum Gasteiger partial charge on any atom is -0.496 e. The van der Waals surface area contributed by atoms with Crippen molar-refractivity contribution in [1.82, 2.24) is 0 Å². The van der Waals surface area contributed by atoms with Crippen molar-refractivity contribution in [2.24, 2.45) is 5.73 Å². The SMILES string of the molecule is COc1cc(F)c(Br)cc1CCOCCN. The van der Waals surface area contributed by atoms with Gasteiger partial charge in [0.15, 0.2) is 0 Å². The summed E-state index contributed by atoms with van der Waals surface area (Å²) in [6.45, 7) is 1.58. The number of hydrogen-bond donors (Lipinski definition) is 1. The fourth-order valence-corrected chi connectivity index (χ4v) is 1.71. The molecule has 1 aromatic carbocycles. The molecule has 16 heavy (non-hydrogen) atoms. The predicted octanol–water partition coefficient (Wildman–Crippen LogP) is 2.11. The first kappa shape index (κ1) is 13.4. The Kier molecular flexibility index (Phi) is 5.73. The van der Waals surface area contributed by atoms with Gasteiger partial charge in [-0.3, -0.25) is 0 Å². The van der Waals surface area contributed by atoms with Gasteiger partial charge in [-0.15, -0.1) is 0 Å². The van der Waals surface area contributed by atoms with Crippen LogP contribution in [0, 0.1) is 5.82 Å². The summed E-state index contributed by atoms with van der Waals surface area (Å²) in [7, 11) is 1.52. The summed E-state index contributed by atoms with van der Waals surface area (Å²) in [4.78, 5) is 0. The van der Waals surface area contributed by atoms with Crippen LogP contribution in [0.1, 0.15) is 5.56 Å². The maximum atomic E-state index is 13.2. The van der Waals surface area contributed by atoms with Crippen LogP contribution < -0.4 is 10.5 Å². The number of hydrogen-bond acceptors (Lipinski definition) is 3. The molecule has 0 saturated carbocycles. The molecule has 0 aliphatic carbocycles. The first-order valence-corrected chi connectivity index (χ1v) is 5.78. The fraction of sp³-hybridized carbons (Fsp3) is 0.455. The van der Waals surface area contributed by atoms with E-state index in [4.69, 9.17) is 15.2 Å². The minimum absolute atomic E-state index is 0.330. The number of nitrogens with two attached hydrogens (primary N) is 1. The summed E-state index contributed by atoms with van der Waals surface area (Å²) in [6.07, 6.45) is 0.669. The molecule has 0 aliphatic heterocycles. The van der Waals surface area contributed by atoms with E-state index >= 15 is 0 Å². The van der Waals surface area contributed by atoms with E-state index in [9.17, 15) is 4.39 Å². The smallest absolute Gasteiger partial charge is 0.141 e. The normalized spacial score (nSPS) is 10.5. The number of ether oxygens (including phenoxy) is 2. The van der Waals surface area contributed by atoms with Crippen LogP contribution in [-0.4, -0.2) is 26.9 Å². The van der Waals surface area contributed by atoms with Gasteiger partial charge in [-0.25, -0.2) is 4.39 Å². The third-order valence-electron chi connectivity index (χ3n) is 2.10. The van der Waals surface area contributed by atoms with Gasteiger partial charge in [-0.1, -0.05) is 0 Å². The Morgan fingerprint density at radius 2 is 2.12 bits per heavy atom. The van der Waals surface area contributed by atoms with E-state index in [1.807, 2.05) is 0 Å². The van der Waals surface area contributed by atoms with Gasteiger partial charge >= 0.3 is 0 Å². The van der Waals surface area contributed by atoms with E-state index in [2.05, 4.69) is 15.9 Å². The summed E-state index contributed by atoms with van der Waals surface area (Å²) in [5.41, 5.74) is 6.21. The second-order valence-electron chi connectivity index (χ2n) is 3.23. The van der Waals surface area contributed by atoms with E-state index in [1.54, 1.807) is 6.07 Å². The van der Waals surface area contributed by atoms with Crippen molar-refractivity contribution in [1.29, 1.82) is 0 Å². The van der Waals surface area contributed by atoms with Crippen molar-refractivity contribution >= 4 is 15.9 Å². The molecule has 1 aromatic rings. The highest BCUT2D eigenvalue weighted by molar-refractivity contribution is 9.10. The van der Waals surface area contributed by atoms with Gasteiger partial charge in [0.1, 0.15) is 11.6 Å². The molecule has 0 atom stereocenters. The van der Waals surface area contributed by atoms with Gasteiger partial charge in [0, 0.05) is 12.6 Å². The molecule has 0 aromatic heterocycles. The lowest BCUT2D eigenvalue weighted by Gasteiger charge is -2.10. The number of rotatable bonds is 6. The molecule has 5 heteroatoms. The van der Waals surface area contributed by atoms with Gasteiger partial charge < -0.3 is 15.2 Å². The largest absolute Gasteiger partial charge is 0.496 e. The lowest BCUT2D eigenvalue weighted by molar-refractivity contribution is 0.144. The lowest BCUT2D eigenvalue weighted by Crippen LogP contribution is -2.10. The molecule has 0 aliphatic rings. The van der Waals surface area contributed by atoms with Crippen LogP contribution in [-0.2, 0) is 11.2 Å². The number of benzene rings is 1. The number of halogens is 2. The van der Waals surface area contributed by atoms with Crippen LogP contribution in [0.3, 0.4) is 0 Å². The zero-order valence-corrected chi connectivity index (χ0v) is 10.7. The van der Waals surface area contributed by atoms with E-state index in [0.29, 0.717) is 36.4 Å². The first-order chi connectivity index (χ1) is 7.69.